The van der Waals surface area contributed by atoms with E-state index in [1.54, 1.807) is 11.3 Å². The van der Waals surface area contributed by atoms with Crippen molar-refractivity contribution in [3.8, 4) is 0 Å². The highest BCUT2D eigenvalue weighted by molar-refractivity contribution is 7.09. The van der Waals surface area contributed by atoms with Crippen molar-refractivity contribution in [2.45, 2.75) is 12.8 Å². The molecule has 0 fully saturated rings. The van der Waals surface area contributed by atoms with Crippen LogP contribution >= 0.6 is 11.3 Å². The molecular weight excluding hydrogens is 268 g/mol. The normalized spacial score (nSPS) is 10.6. The van der Waals surface area contributed by atoms with E-state index in [0.29, 0.717) is 13.2 Å². The Morgan fingerprint density at radius 3 is 3.05 bits per heavy atom. The lowest BCUT2D eigenvalue weighted by atomic mass is 10.3. The summed E-state index contributed by atoms with van der Waals surface area (Å²) >= 11 is 1.55. The number of methoxy groups -OCH3 is 1. The number of thiazole rings is 1. The van der Waals surface area contributed by atoms with Crippen molar-refractivity contribution in [1.29, 1.82) is 0 Å². The molecule has 0 radical (unpaired) electrons. The lowest BCUT2D eigenvalue weighted by molar-refractivity contribution is -0.139. The molecule has 0 spiro atoms. The summed E-state index contributed by atoms with van der Waals surface area (Å²) in [6, 6.07) is 0. The number of hydrogen-bond donors (Lipinski definition) is 2. The molecule has 2 N–H and O–H groups in total. The third-order valence-electron chi connectivity index (χ3n) is 2.33. The summed E-state index contributed by atoms with van der Waals surface area (Å²) in [7, 11) is 1.37. The molecule has 0 saturated carbocycles. The van der Waals surface area contributed by atoms with Gasteiger partial charge in [0, 0.05) is 24.9 Å². The van der Waals surface area contributed by atoms with Gasteiger partial charge in [-0.15, -0.1) is 11.3 Å². The van der Waals surface area contributed by atoms with Crippen molar-refractivity contribution >= 4 is 17.3 Å². The molecule has 0 amide bonds. The molecule has 1 rings (SSSR count). The van der Waals surface area contributed by atoms with E-state index < -0.39 is 0 Å². The minimum Gasteiger partial charge on any atom is -0.469 e. The minimum absolute atomic E-state index is 0.0576. The zero-order chi connectivity index (χ0) is 13.9. The van der Waals surface area contributed by atoms with Gasteiger partial charge in [0.15, 0.2) is 0 Å². The van der Waals surface area contributed by atoms with Gasteiger partial charge in [0.25, 0.3) is 0 Å². The summed E-state index contributed by atoms with van der Waals surface area (Å²) in [6.07, 6.45) is 1.06. The fourth-order valence-corrected chi connectivity index (χ4v) is 2.19. The van der Waals surface area contributed by atoms with Gasteiger partial charge >= 0.3 is 5.97 Å². The summed E-state index contributed by atoms with van der Waals surface area (Å²) in [5.74, 6) is -0.268. The second-order valence-electron chi connectivity index (χ2n) is 3.82. The highest BCUT2D eigenvalue weighted by atomic mass is 32.1. The van der Waals surface area contributed by atoms with E-state index >= 15 is 0 Å². The van der Waals surface area contributed by atoms with E-state index in [4.69, 9.17) is 9.84 Å². The number of aliphatic hydroxyl groups is 1. The fraction of sp³-hybridized carbons (Fsp3) is 0.667. The molecule has 0 saturated heterocycles. The van der Waals surface area contributed by atoms with Crippen molar-refractivity contribution in [2.24, 2.45) is 0 Å². The zero-order valence-corrected chi connectivity index (χ0v) is 11.9. The van der Waals surface area contributed by atoms with Crippen LogP contribution in [-0.2, 0) is 27.1 Å². The van der Waals surface area contributed by atoms with E-state index in [1.807, 2.05) is 5.38 Å². The maximum absolute atomic E-state index is 11.1. The second-order valence-corrected chi connectivity index (χ2v) is 4.76. The van der Waals surface area contributed by atoms with Crippen LogP contribution in [0.5, 0.6) is 0 Å². The van der Waals surface area contributed by atoms with E-state index in [9.17, 15) is 4.79 Å². The average Bonchev–Trinajstić information content (AvgIpc) is 2.85. The number of aliphatic hydroxyl groups excluding tert-OH is 1. The standard InChI is InChI=1S/C12H20N2O4S/c1-17-12(16)8-10-9-19-11(14-10)2-3-13-4-6-18-7-5-15/h9,13,15H,2-8H2,1H3. The molecule has 19 heavy (non-hydrogen) atoms. The first-order chi connectivity index (χ1) is 9.26. The van der Waals surface area contributed by atoms with Gasteiger partial charge in [-0.3, -0.25) is 4.79 Å². The monoisotopic (exact) mass is 288 g/mol. The number of carbonyl (C=O) groups excluding carboxylic acids is 1. The first-order valence-electron chi connectivity index (χ1n) is 6.15. The van der Waals surface area contributed by atoms with Gasteiger partial charge in [0.05, 0.1) is 44.1 Å². The Kier molecular flexibility index (Phi) is 8.31. The summed E-state index contributed by atoms with van der Waals surface area (Å²) in [5.41, 5.74) is 0.762. The van der Waals surface area contributed by atoms with Crippen molar-refractivity contribution in [3.63, 3.8) is 0 Å². The maximum Gasteiger partial charge on any atom is 0.311 e. The fourth-order valence-electron chi connectivity index (χ4n) is 1.40. The smallest absolute Gasteiger partial charge is 0.311 e. The first kappa shape index (κ1) is 16.0. The van der Waals surface area contributed by atoms with Gasteiger partial charge in [-0.2, -0.15) is 0 Å². The molecule has 0 aliphatic heterocycles. The Hall–Kier alpha value is -1.02. The third kappa shape index (κ3) is 7.22. The predicted octanol–water partition coefficient (Wildman–Crippen LogP) is -0.000400. The van der Waals surface area contributed by atoms with E-state index in [-0.39, 0.29) is 19.0 Å². The van der Waals surface area contributed by atoms with Crippen molar-refractivity contribution < 1.29 is 19.4 Å². The zero-order valence-electron chi connectivity index (χ0n) is 11.1. The molecule has 7 heteroatoms. The third-order valence-corrected chi connectivity index (χ3v) is 3.28. The topological polar surface area (TPSA) is 80.7 Å². The molecule has 1 heterocycles. The first-order valence-corrected chi connectivity index (χ1v) is 7.03. The Labute approximate surface area is 116 Å². The van der Waals surface area contributed by atoms with Crippen LogP contribution in [0.25, 0.3) is 0 Å². The minimum atomic E-state index is -0.268. The van der Waals surface area contributed by atoms with Gasteiger partial charge in [-0.25, -0.2) is 4.98 Å². The van der Waals surface area contributed by atoms with Crippen molar-refractivity contribution in [2.75, 3.05) is 40.0 Å². The number of hydrogen-bond acceptors (Lipinski definition) is 7. The number of nitrogens with one attached hydrogen (secondary N) is 1. The molecule has 6 nitrogen and oxygen atoms in total. The molecule has 0 aliphatic carbocycles. The highest BCUT2D eigenvalue weighted by Crippen LogP contribution is 2.10. The summed E-state index contributed by atoms with van der Waals surface area (Å²) < 4.78 is 9.71. The van der Waals surface area contributed by atoms with Crippen LogP contribution in [0.15, 0.2) is 5.38 Å². The molecule has 0 aromatic carbocycles. The number of ether oxygens (including phenoxy) is 2. The molecule has 0 aliphatic rings. The van der Waals surface area contributed by atoms with E-state index in [1.165, 1.54) is 7.11 Å². The molecule has 1 aromatic rings. The highest BCUT2D eigenvalue weighted by Gasteiger charge is 2.07. The lowest BCUT2D eigenvalue weighted by Crippen LogP contribution is -2.22. The van der Waals surface area contributed by atoms with Crippen LogP contribution < -0.4 is 5.32 Å². The number of rotatable bonds is 10. The number of carbonyl (C=O) groups is 1. The van der Waals surface area contributed by atoms with Crippen LogP contribution in [0.4, 0.5) is 0 Å². The average molecular weight is 288 g/mol. The van der Waals surface area contributed by atoms with Crippen LogP contribution in [0.1, 0.15) is 10.7 Å². The summed E-state index contributed by atoms with van der Waals surface area (Å²) in [6.45, 7) is 2.59. The van der Waals surface area contributed by atoms with Crippen LogP contribution in [0, 0.1) is 0 Å². The Balaban J connectivity index is 2.11. The largest absolute Gasteiger partial charge is 0.469 e. The Bertz CT molecular complexity index is 370. The molecule has 0 bridgehead atoms. The lowest BCUT2D eigenvalue weighted by Gasteiger charge is -2.03. The van der Waals surface area contributed by atoms with Crippen LogP contribution in [0.3, 0.4) is 0 Å². The predicted molar refractivity (Wildman–Crippen MR) is 72.3 cm³/mol. The van der Waals surface area contributed by atoms with Crippen LogP contribution in [0.2, 0.25) is 0 Å². The number of esters is 1. The van der Waals surface area contributed by atoms with Crippen molar-refractivity contribution in [1.82, 2.24) is 10.3 Å². The molecular formula is C12H20N2O4S. The SMILES string of the molecule is COC(=O)Cc1csc(CCNCCOCCO)n1. The molecule has 0 unspecified atom stereocenters. The van der Waals surface area contributed by atoms with Gasteiger partial charge in [-0.05, 0) is 0 Å². The van der Waals surface area contributed by atoms with Crippen LogP contribution in [-0.4, -0.2) is 56.1 Å². The number of nitrogens with zero attached hydrogens (tertiary/aromatic N) is 1. The van der Waals surface area contributed by atoms with E-state index in [0.717, 1.165) is 30.2 Å². The van der Waals surface area contributed by atoms with Gasteiger partial charge in [-0.1, -0.05) is 0 Å². The maximum atomic E-state index is 11.1. The van der Waals surface area contributed by atoms with Gasteiger partial charge in [0.1, 0.15) is 0 Å². The Morgan fingerprint density at radius 1 is 1.47 bits per heavy atom. The summed E-state index contributed by atoms with van der Waals surface area (Å²) in [4.78, 5) is 15.4. The quantitative estimate of drug-likeness (QED) is 0.466. The van der Waals surface area contributed by atoms with Crippen molar-refractivity contribution in [3.05, 3.63) is 16.1 Å². The molecule has 108 valence electrons. The Morgan fingerprint density at radius 2 is 2.32 bits per heavy atom. The second kappa shape index (κ2) is 9.85. The molecule has 1 aromatic heterocycles. The summed E-state index contributed by atoms with van der Waals surface area (Å²) in [5, 5.41) is 14.6. The van der Waals surface area contributed by atoms with Gasteiger partial charge < -0.3 is 19.9 Å². The van der Waals surface area contributed by atoms with Gasteiger partial charge in [0.2, 0.25) is 0 Å². The number of aromatic nitrogens is 1. The van der Waals surface area contributed by atoms with E-state index in [2.05, 4.69) is 15.0 Å². The molecule has 0 atom stereocenters.